The molecule has 3 rings (SSSR count). The van der Waals surface area contributed by atoms with E-state index in [-0.39, 0.29) is 0 Å². The van der Waals surface area contributed by atoms with Crippen LogP contribution >= 0.6 is 23.8 Å². The Balaban J connectivity index is 1.61. The molecule has 1 heterocycles. The van der Waals surface area contributed by atoms with E-state index in [2.05, 4.69) is 10.00 Å². The molecule has 8 heteroatoms. The fraction of sp³-hybridized carbons (Fsp3) is 0.263. The molecule has 0 bridgehead atoms. The summed E-state index contributed by atoms with van der Waals surface area (Å²) in [6.07, 6.45) is 1.70. The summed E-state index contributed by atoms with van der Waals surface area (Å²) in [6.45, 7) is 1.81. The topological polar surface area (TPSA) is 44.5 Å². The van der Waals surface area contributed by atoms with Crippen molar-refractivity contribution in [2.75, 3.05) is 27.3 Å². The lowest BCUT2D eigenvalue weighted by Gasteiger charge is -2.17. The van der Waals surface area contributed by atoms with Crippen LogP contribution in [0.15, 0.2) is 54.9 Å². The van der Waals surface area contributed by atoms with E-state index < -0.39 is 0 Å². The van der Waals surface area contributed by atoms with Crippen LogP contribution in [0.1, 0.15) is 0 Å². The third kappa shape index (κ3) is 4.88. The van der Waals surface area contributed by atoms with Gasteiger partial charge < -0.3 is 9.47 Å². The average Bonchev–Trinajstić information content (AvgIpc) is 3.02. The predicted molar refractivity (Wildman–Crippen MR) is 109 cm³/mol. The van der Waals surface area contributed by atoms with Crippen LogP contribution in [0.4, 0.5) is 0 Å². The van der Waals surface area contributed by atoms with Crippen LogP contribution in [0.2, 0.25) is 5.02 Å². The lowest BCUT2D eigenvalue weighted by molar-refractivity contribution is 0.198. The molecule has 142 valence electrons. The van der Waals surface area contributed by atoms with Gasteiger partial charge in [-0.3, -0.25) is 9.47 Å². The second-order valence-corrected chi connectivity index (χ2v) is 6.78. The number of para-hydroxylation sites is 2. The Morgan fingerprint density at radius 2 is 2.00 bits per heavy atom. The Bertz CT molecular complexity index is 957. The van der Waals surface area contributed by atoms with Crippen molar-refractivity contribution in [3.05, 3.63) is 64.7 Å². The van der Waals surface area contributed by atoms with E-state index in [1.165, 1.54) is 0 Å². The van der Waals surface area contributed by atoms with Crippen molar-refractivity contribution in [2.45, 2.75) is 6.67 Å². The van der Waals surface area contributed by atoms with E-state index >= 15 is 0 Å². The zero-order chi connectivity index (χ0) is 19.2. The third-order valence-electron chi connectivity index (χ3n) is 3.99. The van der Waals surface area contributed by atoms with Crippen LogP contribution < -0.4 is 9.47 Å². The fourth-order valence-electron chi connectivity index (χ4n) is 2.60. The van der Waals surface area contributed by atoms with Crippen molar-refractivity contribution in [3.63, 3.8) is 0 Å². The molecule has 0 atom stereocenters. The van der Waals surface area contributed by atoms with Crippen LogP contribution in [-0.2, 0) is 6.67 Å². The molecule has 0 aliphatic rings. The first-order valence-electron chi connectivity index (χ1n) is 8.43. The predicted octanol–water partition coefficient (Wildman–Crippen LogP) is 4.03. The molecule has 0 spiro atoms. The van der Waals surface area contributed by atoms with Crippen LogP contribution in [0, 0.1) is 4.77 Å². The quantitative estimate of drug-likeness (QED) is 0.530. The number of hydrogen-bond donors (Lipinski definition) is 0. The average molecular weight is 405 g/mol. The molecular formula is C19H21ClN4O2S. The first kappa shape index (κ1) is 19.4. The number of likely N-dealkylation sites (N-methyl/N-ethyl adjacent to an activating group) is 1. The molecule has 0 N–H and O–H groups in total. The van der Waals surface area contributed by atoms with Crippen molar-refractivity contribution in [2.24, 2.45) is 0 Å². The van der Waals surface area contributed by atoms with E-state index in [1.807, 2.05) is 54.1 Å². The van der Waals surface area contributed by atoms with E-state index in [0.29, 0.717) is 23.1 Å². The number of methoxy groups -OCH3 is 1. The van der Waals surface area contributed by atoms with E-state index in [9.17, 15) is 0 Å². The smallest absolute Gasteiger partial charge is 0.203 e. The van der Waals surface area contributed by atoms with Gasteiger partial charge in [-0.1, -0.05) is 29.8 Å². The molecule has 0 fully saturated rings. The lowest BCUT2D eigenvalue weighted by Crippen LogP contribution is -2.27. The minimum absolute atomic E-state index is 0.539. The summed E-state index contributed by atoms with van der Waals surface area (Å²) in [5, 5.41) is 5.07. The molecule has 0 unspecified atom stereocenters. The molecule has 3 aromatic rings. The molecule has 0 saturated carbocycles. The molecule has 2 aromatic carbocycles. The van der Waals surface area contributed by atoms with Crippen molar-refractivity contribution >= 4 is 23.8 Å². The van der Waals surface area contributed by atoms with Gasteiger partial charge in [0.25, 0.3) is 0 Å². The number of hydrogen-bond acceptors (Lipinski definition) is 5. The minimum atomic E-state index is 0.539. The molecule has 0 aliphatic carbocycles. The first-order chi connectivity index (χ1) is 13.1. The molecular weight excluding hydrogens is 384 g/mol. The summed E-state index contributed by atoms with van der Waals surface area (Å²) in [5.74, 6) is 1.50. The van der Waals surface area contributed by atoms with Crippen LogP contribution in [0.3, 0.4) is 0 Å². The Kier molecular flexibility index (Phi) is 6.49. The van der Waals surface area contributed by atoms with Crippen molar-refractivity contribution in [1.82, 2.24) is 19.2 Å². The van der Waals surface area contributed by atoms with Gasteiger partial charge in [0.05, 0.1) is 19.5 Å². The van der Waals surface area contributed by atoms with Gasteiger partial charge >= 0.3 is 0 Å². The van der Waals surface area contributed by atoms with Crippen LogP contribution in [0.5, 0.6) is 11.5 Å². The third-order valence-corrected chi connectivity index (χ3v) is 4.63. The second kappa shape index (κ2) is 9.03. The Labute approximate surface area is 168 Å². The summed E-state index contributed by atoms with van der Waals surface area (Å²) in [4.78, 5) is 2.08. The number of rotatable bonds is 8. The van der Waals surface area contributed by atoms with Crippen molar-refractivity contribution in [1.29, 1.82) is 0 Å². The first-order valence-corrected chi connectivity index (χ1v) is 9.22. The van der Waals surface area contributed by atoms with Gasteiger partial charge in [-0.05, 0) is 49.6 Å². The summed E-state index contributed by atoms with van der Waals surface area (Å²) in [5.41, 5.74) is 0.864. The zero-order valence-electron chi connectivity index (χ0n) is 15.2. The summed E-state index contributed by atoms with van der Waals surface area (Å²) in [7, 11) is 3.63. The van der Waals surface area contributed by atoms with Gasteiger partial charge in [0.15, 0.2) is 0 Å². The van der Waals surface area contributed by atoms with Crippen molar-refractivity contribution < 1.29 is 9.47 Å². The maximum absolute atomic E-state index is 5.96. The Hall–Kier alpha value is -2.35. The van der Waals surface area contributed by atoms with Crippen molar-refractivity contribution in [3.8, 4) is 17.2 Å². The Morgan fingerprint density at radius 3 is 2.78 bits per heavy atom. The highest BCUT2D eigenvalue weighted by atomic mass is 35.5. The number of aromatic nitrogens is 3. The number of benzene rings is 2. The Morgan fingerprint density at radius 1 is 1.19 bits per heavy atom. The highest BCUT2D eigenvalue weighted by molar-refractivity contribution is 7.71. The summed E-state index contributed by atoms with van der Waals surface area (Å²) < 4.78 is 15.3. The summed E-state index contributed by atoms with van der Waals surface area (Å²) >= 11 is 11.5. The number of ether oxygens (including phenoxy) is 2. The van der Waals surface area contributed by atoms with Crippen LogP contribution in [0.25, 0.3) is 5.69 Å². The molecule has 27 heavy (non-hydrogen) atoms. The molecule has 6 nitrogen and oxygen atoms in total. The van der Waals surface area contributed by atoms with Gasteiger partial charge in [0, 0.05) is 11.6 Å². The van der Waals surface area contributed by atoms with Gasteiger partial charge in [0.1, 0.15) is 24.4 Å². The van der Waals surface area contributed by atoms with E-state index in [4.69, 9.17) is 33.3 Å². The minimum Gasteiger partial charge on any atom is -0.495 e. The molecule has 1 aromatic heterocycles. The lowest BCUT2D eigenvalue weighted by atomic mass is 10.3. The SMILES string of the molecule is COc1ccccc1-n1cnn(CN(C)CCOc2cccc(Cl)c2)c1=S. The summed E-state index contributed by atoms with van der Waals surface area (Å²) in [6, 6.07) is 15.1. The zero-order valence-corrected chi connectivity index (χ0v) is 16.8. The van der Waals surface area contributed by atoms with E-state index in [0.717, 1.165) is 23.7 Å². The molecule has 0 aliphatic heterocycles. The number of halogens is 1. The highest BCUT2D eigenvalue weighted by Gasteiger charge is 2.10. The monoisotopic (exact) mass is 404 g/mol. The largest absolute Gasteiger partial charge is 0.495 e. The maximum atomic E-state index is 5.96. The van der Waals surface area contributed by atoms with E-state index in [1.54, 1.807) is 24.2 Å². The molecule has 0 amide bonds. The maximum Gasteiger partial charge on any atom is 0.203 e. The fourth-order valence-corrected chi connectivity index (χ4v) is 3.03. The molecule has 0 radical (unpaired) electrons. The normalized spacial score (nSPS) is 11.0. The van der Waals surface area contributed by atoms with Gasteiger partial charge in [0.2, 0.25) is 4.77 Å². The van der Waals surface area contributed by atoms with Crippen LogP contribution in [-0.4, -0.2) is 46.6 Å². The standard InChI is InChI=1S/C19H21ClN4O2S/c1-22(10-11-26-16-7-5-6-15(20)12-16)14-24-19(27)23(13-21-24)17-8-3-4-9-18(17)25-2/h3-9,12-13H,10-11,14H2,1-2H3. The van der Waals surface area contributed by atoms with Gasteiger partial charge in [-0.2, -0.15) is 5.10 Å². The molecule has 0 saturated heterocycles. The number of nitrogens with zero attached hydrogens (tertiary/aromatic N) is 4. The second-order valence-electron chi connectivity index (χ2n) is 5.98. The van der Waals surface area contributed by atoms with Gasteiger partial charge in [-0.25, -0.2) is 4.68 Å². The van der Waals surface area contributed by atoms with Gasteiger partial charge in [-0.15, -0.1) is 0 Å². The highest BCUT2D eigenvalue weighted by Crippen LogP contribution is 2.22.